The first-order valence-corrected chi connectivity index (χ1v) is 9.60. The Balaban J connectivity index is 1.69. The van der Waals surface area contributed by atoms with E-state index in [9.17, 15) is 20.0 Å². The highest BCUT2D eigenvalue weighted by molar-refractivity contribution is 5.79. The molecule has 1 N–H and O–H groups in total. The molecule has 0 aliphatic carbocycles. The molecule has 1 heterocycles. The number of aryl methyl sites for hydroxylation is 1. The molecule has 1 aliphatic heterocycles. The zero-order valence-corrected chi connectivity index (χ0v) is 16.6. The minimum Gasteiger partial charge on any atom is -0.507 e. The number of aliphatic hydroxyl groups is 1. The Hall–Kier alpha value is -4.13. The molecule has 0 aromatic heterocycles. The number of benzene rings is 3. The number of fused-ring (bicyclic) bond motifs is 1. The Morgan fingerprint density at radius 2 is 1.90 bits per heavy atom. The zero-order chi connectivity index (χ0) is 22.0. The Bertz CT molecular complexity index is 1190. The van der Waals surface area contributed by atoms with E-state index in [2.05, 4.69) is 0 Å². The van der Waals surface area contributed by atoms with E-state index in [-0.39, 0.29) is 35.1 Å². The lowest BCUT2D eigenvalue weighted by atomic mass is 9.92. The van der Waals surface area contributed by atoms with Crippen molar-refractivity contribution in [2.45, 2.75) is 19.4 Å². The number of nitro groups is 1. The summed E-state index contributed by atoms with van der Waals surface area (Å²) in [6, 6.07) is 18.9. The van der Waals surface area contributed by atoms with Gasteiger partial charge in [-0.2, -0.15) is 0 Å². The first-order chi connectivity index (χ1) is 15.0. The molecule has 1 aliphatic rings. The van der Waals surface area contributed by atoms with Gasteiger partial charge in [0.2, 0.25) is 0 Å². The predicted molar refractivity (Wildman–Crippen MR) is 114 cm³/mol. The van der Waals surface area contributed by atoms with Crippen LogP contribution < -0.4 is 9.47 Å². The van der Waals surface area contributed by atoms with Gasteiger partial charge in [0.15, 0.2) is 17.3 Å². The number of nitro benzene ring substituents is 1. The maximum Gasteiger partial charge on any atom is 0.311 e. The summed E-state index contributed by atoms with van der Waals surface area (Å²) in [6.07, 6.45) is 0.627. The van der Waals surface area contributed by atoms with Crippen LogP contribution in [0.2, 0.25) is 0 Å². The van der Waals surface area contributed by atoms with E-state index >= 15 is 0 Å². The van der Waals surface area contributed by atoms with Crippen molar-refractivity contribution in [3.8, 4) is 11.5 Å². The fourth-order valence-corrected chi connectivity index (χ4v) is 3.46. The third-order valence-corrected chi connectivity index (χ3v) is 5.03. The number of allylic oxidation sites excluding steroid dienone is 1. The Kier molecular flexibility index (Phi) is 5.41. The van der Waals surface area contributed by atoms with Crippen LogP contribution in [0, 0.1) is 17.0 Å². The number of carbonyl (C=O) groups is 1. The molecule has 1 atom stereocenters. The number of rotatable bonds is 6. The maximum atomic E-state index is 11.7. The average molecular weight is 417 g/mol. The van der Waals surface area contributed by atoms with Crippen molar-refractivity contribution >= 4 is 17.7 Å². The fourth-order valence-electron chi connectivity index (χ4n) is 3.46. The highest BCUT2D eigenvalue weighted by atomic mass is 16.6. The number of carbonyl (C=O) groups excluding carboxylic acids is 1. The van der Waals surface area contributed by atoms with Gasteiger partial charge >= 0.3 is 5.69 Å². The summed E-state index contributed by atoms with van der Waals surface area (Å²) in [6.45, 7) is 2.04. The molecular formula is C24H19NO6. The molecule has 0 saturated heterocycles. The van der Waals surface area contributed by atoms with E-state index in [4.69, 9.17) is 9.47 Å². The molecule has 7 heteroatoms. The highest BCUT2D eigenvalue weighted by Gasteiger charge is 2.31. The van der Waals surface area contributed by atoms with Crippen LogP contribution in [0.1, 0.15) is 28.2 Å². The van der Waals surface area contributed by atoms with Gasteiger partial charge in [0.1, 0.15) is 24.6 Å². The smallest absolute Gasteiger partial charge is 0.311 e. The van der Waals surface area contributed by atoms with E-state index in [1.807, 2.05) is 43.3 Å². The Morgan fingerprint density at radius 1 is 1.13 bits per heavy atom. The van der Waals surface area contributed by atoms with Crippen LogP contribution in [0.4, 0.5) is 5.69 Å². The summed E-state index contributed by atoms with van der Waals surface area (Å²) >= 11 is 0. The van der Waals surface area contributed by atoms with Crippen molar-refractivity contribution in [3.05, 3.63) is 105 Å². The van der Waals surface area contributed by atoms with Gasteiger partial charge in [-0.15, -0.1) is 0 Å². The molecule has 7 nitrogen and oxygen atoms in total. The van der Waals surface area contributed by atoms with Gasteiger partial charge in [-0.25, -0.2) is 0 Å². The number of hydrogen-bond donors (Lipinski definition) is 1. The van der Waals surface area contributed by atoms with E-state index < -0.39 is 10.8 Å². The molecule has 3 aromatic rings. The number of nitrogens with zero attached hydrogens (tertiary/aromatic N) is 1. The standard InChI is InChI=1S/C24H19NO6/c1-15-7-9-21-18(11-15)19(13-26)23(27)24(31-21)17-8-10-22(20(12-17)25(28)29)30-14-16-5-3-2-4-6-16/h2-13,19,27H,14H2,1H3. The van der Waals surface area contributed by atoms with Gasteiger partial charge < -0.3 is 19.4 Å². The van der Waals surface area contributed by atoms with Crippen molar-refractivity contribution < 1.29 is 24.3 Å². The zero-order valence-electron chi connectivity index (χ0n) is 16.6. The minimum absolute atomic E-state index is 0.00571. The van der Waals surface area contributed by atoms with E-state index in [1.165, 1.54) is 12.1 Å². The van der Waals surface area contributed by atoms with Gasteiger partial charge in [0.05, 0.1) is 4.92 Å². The Labute approximate surface area is 178 Å². The van der Waals surface area contributed by atoms with Gasteiger partial charge in [0.25, 0.3) is 0 Å². The number of ether oxygens (including phenoxy) is 2. The summed E-state index contributed by atoms with van der Waals surface area (Å²) in [5, 5.41) is 22.3. The molecule has 0 saturated carbocycles. The molecule has 31 heavy (non-hydrogen) atoms. The van der Waals surface area contributed by atoms with Gasteiger partial charge in [-0.1, -0.05) is 48.0 Å². The highest BCUT2D eigenvalue weighted by Crippen LogP contribution is 2.42. The quantitative estimate of drug-likeness (QED) is 0.341. The summed E-state index contributed by atoms with van der Waals surface area (Å²) in [4.78, 5) is 22.8. The molecule has 3 aromatic carbocycles. The largest absolute Gasteiger partial charge is 0.507 e. The van der Waals surface area contributed by atoms with Crippen LogP contribution in [-0.2, 0) is 11.4 Å². The second kappa shape index (κ2) is 8.31. The average Bonchev–Trinajstić information content (AvgIpc) is 2.78. The lowest BCUT2D eigenvalue weighted by Crippen LogP contribution is -2.16. The predicted octanol–water partition coefficient (Wildman–Crippen LogP) is 5.08. The molecule has 156 valence electrons. The second-order valence-corrected chi connectivity index (χ2v) is 7.19. The third kappa shape index (κ3) is 3.98. The summed E-state index contributed by atoms with van der Waals surface area (Å²) < 4.78 is 11.5. The van der Waals surface area contributed by atoms with Gasteiger partial charge in [-0.05, 0) is 30.7 Å². The van der Waals surface area contributed by atoms with Crippen molar-refractivity contribution in [3.63, 3.8) is 0 Å². The van der Waals surface area contributed by atoms with Crippen LogP contribution in [-0.4, -0.2) is 16.3 Å². The normalized spacial score (nSPS) is 15.1. The van der Waals surface area contributed by atoms with E-state index in [0.717, 1.165) is 11.1 Å². The van der Waals surface area contributed by atoms with Gasteiger partial charge in [-0.3, -0.25) is 10.1 Å². The first-order valence-electron chi connectivity index (χ1n) is 9.60. The molecule has 0 amide bonds. The fraction of sp³-hybridized carbons (Fsp3) is 0.125. The molecule has 0 spiro atoms. The Morgan fingerprint density at radius 3 is 2.61 bits per heavy atom. The van der Waals surface area contributed by atoms with Crippen molar-refractivity contribution in [1.82, 2.24) is 0 Å². The monoisotopic (exact) mass is 417 g/mol. The summed E-state index contributed by atoms with van der Waals surface area (Å²) in [7, 11) is 0. The summed E-state index contributed by atoms with van der Waals surface area (Å²) in [5.74, 6) is -0.683. The van der Waals surface area contributed by atoms with Crippen molar-refractivity contribution in [1.29, 1.82) is 0 Å². The van der Waals surface area contributed by atoms with Gasteiger partial charge in [0, 0.05) is 17.2 Å². The van der Waals surface area contributed by atoms with Crippen molar-refractivity contribution in [2.75, 3.05) is 0 Å². The van der Waals surface area contributed by atoms with Crippen LogP contribution in [0.15, 0.2) is 72.5 Å². The lowest BCUT2D eigenvalue weighted by Gasteiger charge is -2.25. The second-order valence-electron chi connectivity index (χ2n) is 7.19. The molecule has 4 rings (SSSR count). The van der Waals surface area contributed by atoms with E-state index in [1.54, 1.807) is 18.2 Å². The van der Waals surface area contributed by atoms with Crippen LogP contribution in [0.3, 0.4) is 0 Å². The minimum atomic E-state index is -0.910. The van der Waals surface area contributed by atoms with E-state index in [0.29, 0.717) is 17.6 Å². The summed E-state index contributed by atoms with van der Waals surface area (Å²) in [5.41, 5.74) is 2.34. The van der Waals surface area contributed by atoms with Crippen LogP contribution in [0.25, 0.3) is 5.76 Å². The number of hydrogen-bond acceptors (Lipinski definition) is 6. The maximum absolute atomic E-state index is 11.7. The third-order valence-electron chi connectivity index (χ3n) is 5.03. The van der Waals surface area contributed by atoms with Crippen LogP contribution in [0.5, 0.6) is 11.5 Å². The first kappa shape index (κ1) is 20.2. The van der Waals surface area contributed by atoms with Crippen molar-refractivity contribution in [2.24, 2.45) is 0 Å². The van der Waals surface area contributed by atoms with Crippen LogP contribution >= 0.6 is 0 Å². The number of aldehydes is 1. The molecule has 0 bridgehead atoms. The molecule has 0 fully saturated rings. The lowest BCUT2D eigenvalue weighted by molar-refractivity contribution is -0.386. The SMILES string of the molecule is Cc1ccc2c(c1)C(C=O)C(O)=C(c1ccc(OCc3ccccc3)c([N+](=O)[O-])c1)O2. The molecular weight excluding hydrogens is 398 g/mol. The topological polar surface area (TPSA) is 98.9 Å². The molecule has 1 unspecified atom stereocenters. The molecule has 0 radical (unpaired) electrons. The number of aliphatic hydroxyl groups excluding tert-OH is 1.